The molecule has 2 nitrogen and oxygen atoms in total. The van der Waals surface area contributed by atoms with E-state index in [2.05, 4.69) is 18.1 Å². The van der Waals surface area contributed by atoms with E-state index in [4.69, 9.17) is 4.52 Å². The first-order chi connectivity index (χ1) is 7.92. The highest BCUT2D eigenvalue weighted by Crippen LogP contribution is 2.19. The highest BCUT2D eigenvalue weighted by molar-refractivity contribution is 5.79. The summed E-state index contributed by atoms with van der Waals surface area (Å²) in [6.07, 6.45) is 4.74. The van der Waals surface area contributed by atoms with Gasteiger partial charge in [0, 0.05) is 5.39 Å². The zero-order valence-corrected chi connectivity index (χ0v) is 10.5. The van der Waals surface area contributed by atoms with Gasteiger partial charge in [-0.25, -0.2) is 0 Å². The van der Waals surface area contributed by atoms with E-state index in [1.807, 2.05) is 32.0 Å². The minimum absolute atomic E-state index is 0.902. The van der Waals surface area contributed by atoms with Crippen LogP contribution in [0.5, 0.6) is 0 Å². The Balaban J connectivity index is 0.000000606. The van der Waals surface area contributed by atoms with Crippen molar-refractivity contribution in [3.05, 3.63) is 30.0 Å². The lowest BCUT2D eigenvalue weighted by Gasteiger charge is -1.94. The van der Waals surface area contributed by atoms with Crippen LogP contribution in [0.4, 0.5) is 0 Å². The van der Waals surface area contributed by atoms with Gasteiger partial charge in [-0.1, -0.05) is 50.9 Å². The average molecular weight is 219 g/mol. The van der Waals surface area contributed by atoms with E-state index >= 15 is 0 Å². The lowest BCUT2D eigenvalue weighted by atomic mass is 10.1. The monoisotopic (exact) mass is 219 g/mol. The molecule has 0 amide bonds. The molecule has 0 fully saturated rings. The molecule has 0 atom stereocenters. The molecule has 1 aromatic heterocycles. The Kier molecular flexibility index (Phi) is 5.62. The highest BCUT2D eigenvalue weighted by Gasteiger charge is 2.05. The van der Waals surface area contributed by atoms with Gasteiger partial charge in [0.1, 0.15) is 0 Å². The Morgan fingerprint density at radius 3 is 2.62 bits per heavy atom. The van der Waals surface area contributed by atoms with Crippen molar-refractivity contribution in [3.63, 3.8) is 0 Å². The first-order valence-electron chi connectivity index (χ1n) is 6.25. The minimum atomic E-state index is 0.902. The Labute approximate surface area is 97.6 Å². The van der Waals surface area contributed by atoms with Crippen molar-refractivity contribution in [2.24, 2.45) is 0 Å². The van der Waals surface area contributed by atoms with Crippen LogP contribution < -0.4 is 0 Å². The molecular formula is C14H21NO. The molecule has 16 heavy (non-hydrogen) atoms. The standard InChI is InChI=1S/C12H15NO.C2H6/c1-2-3-4-8-11-10-7-5-6-9-12(10)14-13-11;1-2/h5-7,9H,2-4,8H2,1H3;1-2H3. The summed E-state index contributed by atoms with van der Waals surface area (Å²) in [6.45, 7) is 6.21. The zero-order valence-electron chi connectivity index (χ0n) is 10.5. The van der Waals surface area contributed by atoms with Gasteiger partial charge in [0.05, 0.1) is 5.69 Å². The molecule has 0 aliphatic rings. The zero-order chi connectivity index (χ0) is 11.8. The largest absolute Gasteiger partial charge is 0.356 e. The van der Waals surface area contributed by atoms with Gasteiger partial charge in [-0.15, -0.1) is 0 Å². The molecule has 2 heteroatoms. The predicted octanol–water partition coefficient (Wildman–Crippen LogP) is 4.59. The summed E-state index contributed by atoms with van der Waals surface area (Å²) in [7, 11) is 0. The average Bonchev–Trinajstić information content (AvgIpc) is 2.76. The van der Waals surface area contributed by atoms with Crippen molar-refractivity contribution in [3.8, 4) is 0 Å². The second kappa shape index (κ2) is 7.04. The van der Waals surface area contributed by atoms with Crippen LogP contribution in [0.3, 0.4) is 0 Å². The first-order valence-corrected chi connectivity index (χ1v) is 6.25. The van der Waals surface area contributed by atoms with Crippen molar-refractivity contribution in [1.29, 1.82) is 0 Å². The van der Waals surface area contributed by atoms with Crippen LogP contribution in [0.15, 0.2) is 28.8 Å². The van der Waals surface area contributed by atoms with E-state index in [-0.39, 0.29) is 0 Å². The molecular weight excluding hydrogens is 198 g/mol. The minimum Gasteiger partial charge on any atom is -0.356 e. The molecule has 0 aliphatic carbocycles. The SMILES string of the molecule is CC.CCCCCc1noc2ccccc12. The summed E-state index contributed by atoms with van der Waals surface area (Å²) in [5, 5.41) is 5.26. The van der Waals surface area contributed by atoms with Crippen LogP contribution in [0.1, 0.15) is 45.7 Å². The second-order valence-corrected chi connectivity index (χ2v) is 3.58. The molecule has 1 aromatic carbocycles. The molecule has 88 valence electrons. The number of aromatic nitrogens is 1. The predicted molar refractivity (Wildman–Crippen MR) is 68.6 cm³/mol. The normalized spacial score (nSPS) is 9.94. The van der Waals surface area contributed by atoms with Gasteiger partial charge in [-0.2, -0.15) is 0 Å². The number of para-hydroxylation sites is 1. The van der Waals surface area contributed by atoms with Gasteiger partial charge < -0.3 is 4.52 Å². The first kappa shape index (κ1) is 12.8. The van der Waals surface area contributed by atoms with Crippen LogP contribution in [0.2, 0.25) is 0 Å². The van der Waals surface area contributed by atoms with Crippen LogP contribution in [-0.2, 0) is 6.42 Å². The van der Waals surface area contributed by atoms with Crippen molar-refractivity contribution in [2.75, 3.05) is 0 Å². The van der Waals surface area contributed by atoms with Gasteiger partial charge in [0.25, 0.3) is 0 Å². The summed E-state index contributed by atoms with van der Waals surface area (Å²) >= 11 is 0. The second-order valence-electron chi connectivity index (χ2n) is 3.58. The van der Waals surface area contributed by atoms with Crippen LogP contribution >= 0.6 is 0 Å². The molecule has 0 aliphatic heterocycles. The summed E-state index contributed by atoms with van der Waals surface area (Å²) in [4.78, 5) is 0. The quantitative estimate of drug-likeness (QED) is 0.703. The Bertz CT molecular complexity index is 406. The van der Waals surface area contributed by atoms with Crippen LogP contribution in [0, 0.1) is 0 Å². The van der Waals surface area contributed by atoms with E-state index in [1.54, 1.807) is 0 Å². The number of unbranched alkanes of at least 4 members (excludes halogenated alkanes) is 2. The number of benzene rings is 1. The highest BCUT2D eigenvalue weighted by atomic mass is 16.5. The summed E-state index contributed by atoms with van der Waals surface area (Å²) < 4.78 is 5.23. The fourth-order valence-electron chi connectivity index (χ4n) is 1.66. The maximum Gasteiger partial charge on any atom is 0.167 e. The van der Waals surface area contributed by atoms with Gasteiger partial charge in [0.2, 0.25) is 0 Å². The van der Waals surface area contributed by atoms with E-state index in [0.717, 1.165) is 17.7 Å². The van der Waals surface area contributed by atoms with Gasteiger partial charge in [0.15, 0.2) is 5.58 Å². The van der Waals surface area contributed by atoms with E-state index in [9.17, 15) is 0 Å². The number of hydrogen-bond donors (Lipinski definition) is 0. The molecule has 2 rings (SSSR count). The van der Waals surface area contributed by atoms with Crippen molar-refractivity contribution < 1.29 is 4.52 Å². The molecule has 0 saturated carbocycles. The van der Waals surface area contributed by atoms with Crippen molar-refractivity contribution >= 4 is 11.0 Å². The smallest absolute Gasteiger partial charge is 0.167 e. The van der Waals surface area contributed by atoms with Crippen LogP contribution in [0.25, 0.3) is 11.0 Å². The molecule has 0 saturated heterocycles. The van der Waals surface area contributed by atoms with E-state index in [0.29, 0.717) is 0 Å². The van der Waals surface area contributed by atoms with Gasteiger partial charge >= 0.3 is 0 Å². The number of fused-ring (bicyclic) bond motifs is 1. The number of nitrogens with zero attached hydrogens (tertiary/aromatic N) is 1. The summed E-state index contributed by atoms with van der Waals surface area (Å²) in [5.41, 5.74) is 2.01. The molecule has 0 bridgehead atoms. The summed E-state index contributed by atoms with van der Waals surface area (Å²) in [6, 6.07) is 8.05. The molecule has 2 aromatic rings. The fraction of sp³-hybridized carbons (Fsp3) is 0.500. The number of hydrogen-bond acceptors (Lipinski definition) is 2. The Morgan fingerprint density at radius 1 is 1.12 bits per heavy atom. The van der Waals surface area contributed by atoms with E-state index < -0.39 is 0 Å². The Morgan fingerprint density at radius 2 is 1.88 bits per heavy atom. The lowest BCUT2D eigenvalue weighted by molar-refractivity contribution is 0.444. The molecule has 1 heterocycles. The third-order valence-corrected chi connectivity index (χ3v) is 2.47. The van der Waals surface area contributed by atoms with Crippen molar-refractivity contribution in [1.82, 2.24) is 5.16 Å². The third-order valence-electron chi connectivity index (χ3n) is 2.47. The fourth-order valence-corrected chi connectivity index (χ4v) is 1.66. The lowest BCUT2D eigenvalue weighted by Crippen LogP contribution is -1.85. The number of rotatable bonds is 4. The summed E-state index contributed by atoms with van der Waals surface area (Å²) in [5.74, 6) is 0. The topological polar surface area (TPSA) is 26.0 Å². The van der Waals surface area contributed by atoms with Crippen molar-refractivity contribution in [2.45, 2.75) is 46.5 Å². The van der Waals surface area contributed by atoms with E-state index in [1.165, 1.54) is 24.6 Å². The Hall–Kier alpha value is -1.31. The van der Waals surface area contributed by atoms with Gasteiger partial charge in [-0.05, 0) is 25.0 Å². The van der Waals surface area contributed by atoms with Crippen LogP contribution in [-0.4, -0.2) is 5.16 Å². The number of aryl methyl sites for hydroxylation is 1. The third kappa shape index (κ3) is 3.09. The maximum atomic E-state index is 5.23. The van der Waals surface area contributed by atoms with Gasteiger partial charge in [-0.3, -0.25) is 0 Å². The molecule has 0 unspecified atom stereocenters. The molecule has 0 spiro atoms. The molecule has 0 N–H and O–H groups in total. The molecule has 0 radical (unpaired) electrons. The maximum absolute atomic E-state index is 5.23.